The first-order chi connectivity index (χ1) is 15.9. The maximum atomic E-state index is 12.6. The fraction of sp³-hybridized carbons (Fsp3) is 0.417. The van der Waals surface area contributed by atoms with Gasteiger partial charge in [-0.15, -0.1) is 5.10 Å². The van der Waals surface area contributed by atoms with Crippen LogP contribution in [0.1, 0.15) is 49.9 Å². The first-order valence-corrected chi connectivity index (χ1v) is 11.4. The highest BCUT2D eigenvalue weighted by Crippen LogP contribution is 2.23. The molecule has 4 rings (SSSR count). The van der Waals surface area contributed by atoms with Crippen molar-refractivity contribution in [2.75, 3.05) is 18.4 Å². The van der Waals surface area contributed by atoms with Crippen molar-refractivity contribution in [1.82, 2.24) is 19.5 Å². The highest BCUT2D eigenvalue weighted by Gasteiger charge is 2.24. The number of carbonyl (C=O) groups is 2. The normalized spacial score (nSPS) is 14.0. The predicted octanol–water partition coefficient (Wildman–Crippen LogP) is 3.70. The third-order valence-electron chi connectivity index (χ3n) is 5.91. The van der Waals surface area contributed by atoms with Crippen molar-refractivity contribution >= 4 is 23.5 Å². The number of nitrogens with zero attached hydrogens (tertiary/aromatic N) is 4. The Balaban J connectivity index is 1.42. The molecule has 174 valence electrons. The smallest absolute Gasteiger partial charge is 0.410 e. The molecule has 0 aliphatic heterocycles. The zero-order chi connectivity index (χ0) is 23.4. The monoisotopic (exact) mass is 450 g/mol. The number of fused-ring (bicyclic) bond motifs is 1. The molecule has 0 radical (unpaired) electrons. The van der Waals surface area contributed by atoms with E-state index in [-0.39, 0.29) is 18.2 Å². The number of nitrogens with two attached hydrogens (primary N) is 1. The summed E-state index contributed by atoms with van der Waals surface area (Å²) in [5.74, 6) is 0.204. The van der Waals surface area contributed by atoms with E-state index in [1.54, 1.807) is 27.7 Å². The summed E-state index contributed by atoms with van der Waals surface area (Å²) in [7, 11) is 0. The predicted molar refractivity (Wildman–Crippen MR) is 126 cm³/mol. The molecule has 2 aromatic heterocycles. The molecule has 2 amide bonds. The summed E-state index contributed by atoms with van der Waals surface area (Å²) in [4.78, 5) is 30.1. The molecule has 1 fully saturated rings. The molecule has 1 saturated carbocycles. The van der Waals surface area contributed by atoms with Crippen LogP contribution in [0.4, 0.5) is 10.6 Å². The van der Waals surface area contributed by atoms with Crippen LogP contribution in [0.25, 0.3) is 16.9 Å². The van der Waals surface area contributed by atoms with Gasteiger partial charge in [0.25, 0.3) is 0 Å². The lowest BCUT2D eigenvalue weighted by Crippen LogP contribution is -2.41. The van der Waals surface area contributed by atoms with Crippen molar-refractivity contribution in [3.8, 4) is 11.3 Å². The van der Waals surface area contributed by atoms with Gasteiger partial charge in [-0.05, 0) is 63.8 Å². The second kappa shape index (κ2) is 9.89. The van der Waals surface area contributed by atoms with Gasteiger partial charge >= 0.3 is 6.09 Å². The number of amides is 2. The zero-order valence-corrected chi connectivity index (χ0v) is 19.0. The van der Waals surface area contributed by atoms with Gasteiger partial charge in [0, 0.05) is 30.3 Å². The highest BCUT2D eigenvalue weighted by molar-refractivity contribution is 5.93. The SMILES string of the molecule is CC(C)N(CCNc1ccc2ncc(-c3ccc(C(N)=O)cc3)n2n1)C(=O)OC1CCCC1. The Morgan fingerprint density at radius 3 is 2.58 bits per heavy atom. The Morgan fingerprint density at radius 1 is 1.18 bits per heavy atom. The number of hydrogen-bond acceptors (Lipinski definition) is 6. The molecular formula is C24H30N6O3. The molecule has 0 atom stereocenters. The first-order valence-electron chi connectivity index (χ1n) is 11.4. The Bertz CT molecular complexity index is 1120. The molecule has 2 heterocycles. The van der Waals surface area contributed by atoms with Gasteiger partial charge in [0.1, 0.15) is 11.9 Å². The van der Waals surface area contributed by atoms with E-state index >= 15 is 0 Å². The Morgan fingerprint density at radius 2 is 1.91 bits per heavy atom. The van der Waals surface area contributed by atoms with Gasteiger partial charge in [0.05, 0.1) is 11.9 Å². The van der Waals surface area contributed by atoms with Gasteiger partial charge < -0.3 is 20.7 Å². The fourth-order valence-corrected chi connectivity index (χ4v) is 4.05. The van der Waals surface area contributed by atoms with Gasteiger partial charge in [-0.25, -0.2) is 14.3 Å². The number of rotatable bonds is 8. The molecule has 1 aliphatic carbocycles. The molecular weight excluding hydrogens is 420 g/mol. The van der Waals surface area contributed by atoms with Gasteiger partial charge in [-0.1, -0.05) is 12.1 Å². The fourth-order valence-electron chi connectivity index (χ4n) is 4.05. The van der Waals surface area contributed by atoms with Crippen LogP contribution in [-0.4, -0.2) is 56.7 Å². The molecule has 0 unspecified atom stereocenters. The zero-order valence-electron chi connectivity index (χ0n) is 19.0. The molecule has 3 N–H and O–H groups in total. The molecule has 1 aromatic carbocycles. The lowest BCUT2D eigenvalue weighted by atomic mass is 10.1. The minimum atomic E-state index is -0.466. The largest absolute Gasteiger partial charge is 0.446 e. The van der Waals surface area contributed by atoms with Crippen molar-refractivity contribution < 1.29 is 14.3 Å². The molecule has 9 heteroatoms. The number of benzene rings is 1. The summed E-state index contributed by atoms with van der Waals surface area (Å²) >= 11 is 0. The summed E-state index contributed by atoms with van der Waals surface area (Å²) in [5.41, 5.74) is 8.16. The molecule has 3 aromatic rings. The number of ether oxygens (including phenoxy) is 1. The summed E-state index contributed by atoms with van der Waals surface area (Å²) in [5, 5.41) is 7.95. The summed E-state index contributed by atoms with van der Waals surface area (Å²) in [6.07, 6.45) is 5.70. The van der Waals surface area contributed by atoms with E-state index in [2.05, 4.69) is 15.4 Å². The molecule has 0 bridgehead atoms. The minimum absolute atomic E-state index is 0.0415. The number of imidazole rings is 1. The minimum Gasteiger partial charge on any atom is -0.446 e. The quantitative estimate of drug-likeness (QED) is 0.541. The number of nitrogens with one attached hydrogen (secondary N) is 1. The third-order valence-corrected chi connectivity index (χ3v) is 5.91. The highest BCUT2D eigenvalue weighted by atomic mass is 16.6. The molecule has 0 saturated heterocycles. The van der Waals surface area contributed by atoms with Crippen LogP contribution >= 0.6 is 0 Å². The lowest BCUT2D eigenvalue weighted by Gasteiger charge is -2.27. The van der Waals surface area contributed by atoms with Crippen molar-refractivity contribution in [1.29, 1.82) is 0 Å². The van der Waals surface area contributed by atoms with E-state index in [1.807, 2.05) is 38.1 Å². The average Bonchev–Trinajstić information content (AvgIpc) is 3.46. The van der Waals surface area contributed by atoms with Crippen LogP contribution in [0.5, 0.6) is 0 Å². The van der Waals surface area contributed by atoms with E-state index in [4.69, 9.17) is 10.5 Å². The van der Waals surface area contributed by atoms with Crippen LogP contribution in [0.15, 0.2) is 42.6 Å². The van der Waals surface area contributed by atoms with Crippen molar-refractivity contribution in [3.63, 3.8) is 0 Å². The van der Waals surface area contributed by atoms with Crippen LogP contribution in [0.3, 0.4) is 0 Å². The molecule has 1 aliphatic rings. The maximum Gasteiger partial charge on any atom is 0.410 e. The van der Waals surface area contributed by atoms with Gasteiger partial charge in [-0.2, -0.15) is 0 Å². The number of primary amides is 1. The number of hydrogen-bond donors (Lipinski definition) is 2. The second-order valence-corrected chi connectivity index (χ2v) is 8.58. The van der Waals surface area contributed by atoms with E-state index in [0.29, 0.717) is 30.1 Å². The van der Waals surface area contributed by atoms with Crippen LogP contribution in [0, 0.1) is 0 Å². The van der Waals surface area contributed by atoms with Gasteiger partial charge in [0.15, 0.2) is 5.65 Å². The van der Waals surface area contributed by atoms with Gasteiger partial charge in [0.2, 0.25) is 5.91 Å². The molecule has 33 heavy (non-hydrogen) atoms. The third kappa shape index (κ3) is 5.24. The molecule has 9 nitrogen and oxygen atoms in total. The Hall–Kier alpha value is -3.62. The molecule has 0 spiro atoms. The van der Waals surface area contributed by atoms with E-state index in [1.165, 1.54) is 0 Å². The second-order valence-electron chi connectivity index (χ2n) is 8.58. The first kappa shape index (κ1) is 22.6. The Labute approximate surface area is 192 Å². The van der Waals surface area contributed by atoms with E-state index in [0.717, 1.165) is 36.9 Å². The van der Waals surface area contributed by atoms with Gasteiger partial charge in [-0.3, -0.25) is 4.79 Å². The Kier molecular flexibility index (Phi) is 6.76. The van der Waals surface area contributed by atoms with Crippen molar-refractivity contribution in [3.05, 3.63) is 48.2 Å². The summed E-state index contributed by atoms with van der Waals surface area (Å²) in [6, 6.07) is 10.8. The van der Waals surface area contributed by atoms with E-state index < -0.39 is 5.91 Å². The number of anilines is 1. The number of aromatic nitrogens is 3. The maximum absolute atomic E-state index is 12.6. The van der Waals surface area contributed by atoms with Crippen molar-refractivity contribution in [2.24, 2.45) is 5.73 Å². The van der Waals surface area contributed by atoms with E-state index in [9.17, 15) is 9.59 Å². The standard InChI is InChI=1S/C24H30N6O3/c1-16(2)29(24(32)33-19-5-3-4-6-19)14-13-26-21-11-12-22-27-15-20(30(22)28-21)17-7-9-18(10-8-17)23(25)31/h7-12,15-16,19H,3-6,13-14H2,1-2H3,(H2,25,31)(H,26,28). The van der Waals surface area contributed by atoms with Crippen LogP contribution < -0.4 is 11.1 Å². The lowest BCUT2D eigenvalue weighted by molar-refractivity contribution is 0.0585. The number of carbonyl (C=O) groups excluding carboxylic acids is 2. The summed E-state index contributed by atoms with van der Waals surface area (Å²) < 4.78 is 7.42. The van der Waals surface area contributed by atoms with Crippen molar-refractivity contribution in [2.45, 2.75) is 51.7 Å². The van der Waals surface area contributed by atoms with Crippen LogP contribution in [-0.2, 0) is 4.74 Å². The topological polar surface area (TPSA) is 115 Å². The van der Waals surface area contributed by atoms with Crippen LogP contribution in [0.2, 0.25) is 0 Å². The average molecular weight is 451 g/mol. The summed E-state index contributed by atoms with van der Waals surface area (Å²) in [6.45, 7) is 5.02.